The molecule has 0 unspecified atom stereocenters. The molecule has 2 heteroatoms. The predicted molar refractivity (Wildman–Crippen MR) is 119 cm³/mol. The molecule has 0 saturated heterocycles. The van der Waals surface area contributed by atoms with Crippen LogP contribution in [0.25, 0.3) is 32.3 Å². The van der Waals surface area contributed by atoms with E-state index in [4.69, 9.17) is 0 Å². The van der Waals surface area contributed by atoms with E-state index in [1.807, 2.05) is 24.3 Å². The van der Waals surface area contributed by atoms with E-state index in [0.29, 0.717) is 6.54 Å². The molecule has 0 spiro atoms. The second-order valence-corrected chi connectivity index (χ2v) is 7.10. The number of nitrogens with zero attached hydrogens (tertiary/aromatic N) is 2. The maximum absolute atomic E-state index is 4.53. The smallest absolute Gasteiger partial charge is 0.0887 e. The van der Waals surface area contributed by atoms with E-state index in [9.17, 15) is 0 Å². The van der Waals surface area contributed by atoms with Gasteiger partial charge in [0.15, 0.2) is 0 Å². The van der Waals surface area contributed by atoms with Gasteiger partial charge in [-0.15, -0.1) is 6.58 Å². The van der Waals surface area contributed by atoms with E-state index < -0.39 is 0 Å². The second kappa shape index (κ2) is 6.90. The lowest BCUT2D eigenvalue weighted by Crippen LogP contribution is -1.89. The van der Waals surface area contributed by atoms with Crippen LogP contribution in [0.1, 0.15) is 11.1 Å². The summed E-state index contributed by atoms with van der Waals surface area (Å²) in [6.45, 7) is 4.39. The van der Waals surface area contributed by atoms with E-state index in [1.54, 1.807) is 0 Å². The highest BCUT2D eigenvalue weighted by atomic mass is 15.1. The molecule has 28 heavy (non-hydrogen) atoms. The Kier molecular flexibility index (Phi) is 4.10. The summed E-state index contributed by atoms with van der Waals surface area (Å²) in [5, 5.41) is 16.8. The Labute approximate surface area is 164 Å². The quantitative estimate of drug-likeness (QED) is 0.175. The number of allylic oxidation sites excluding steroid dienone is 1. The van der Waals surface area contributed by atoms with Crippen LogP contribution in [0.5, 0.6) is 0 Å². The fraction of sp³-hybridized carbons (Fsp3) is 0.0769. The Morgan fingerprint density at radius 1 is 0.679 bits per heavy atom. The van der Waals surface area contributed by atoms with E-state index in [0.717, 1.165) is 17.7 Å². The molecule has 2 nitrogen and oxygen atoms in total. The molecule has 0 aliphatic heterocycles. The third kappa shape index (κ3) is 2.74. The Hall–Kier alpha value is -3.52. The average molecular weight is 360 g/mol. The van der Waals surface area contributed by atoms with Gasteiger partial charge in [0.25, 0.3) is 0 Å². The fourth-order valence-corrected chi connectivity index (χ4v) is 4.06. The van der Waals surface area contributed by atoms with Gasteiger partial charge < -0.3 is 0 Å². The molecule has 0 saturated carbocycles. The van der Waals surface area contributed by atoms with E-state index in [2.05, 4.69) is 77.5 Å². The van der Waals surface area contributed by atoms with Crippen molar-refractivity contribution in [3.63, 3.8) is 0 Å². The minimum absolute atomic E-state index is 0.566. The molecule has 5 rings (SSSR count). The largest absolute Gasteiger partial charge is 0.184 e. The van der Waals surface area contributed by atoms with Crippen molar-refractivity contribution < 1.29 is 0 Å². The first-order valence-electron chi connectivity index (χ1n) is 9.57. The predicted octanol–water partition coefficient (Wildman–Crippen LogP) is 7.60. The molecule has 0 N–H and O–H groups in total. The molecular formula is C26H20N2. The first kappa shape index (κ1) is 16.6. The molecule has 5 aromatic carbocycles. The van der Waals surface area contributed by atoms with Crippen molar-refractivity contribution in [1.82, 2.24) is 0 Å². The highest BCUT2D eigenvalue weighted by Crippen LogP contribution is 2.36. The molecule has 134 valence electrons. The van der Waals surface area contributed by atoms with Crippen molar-refractivity contribution >= 4 is 38.0 Å². The van der Waals surface area contributed by atoms with Crippen molar-refractivity contribution in [2.75, 3.05) is 0 Å². The molecular weight excluding hydrogens is 340 g/mol. The van der Waals surface area contributed by atoms with Gasteiger partial charge in [-0.2, -0.15) is 10.2 Å². The summed E-state index contributed by atoms with van der Waals surface area (Å²) in [5.74, 6) is 0. The summed E-state index contributed by atoms with van der Waals surface area (Å²) in [5.41, 5.74) is 3.27. The summed E-state index contributed by atoms with van der Waals surface area (Å²) < 4.78 is 0. The van der Waals surface area contributed by atoms with Crippen LogP contribution in [-0.4, -0.2) is 0 Å². The van der Waals surface area contributed by atoms with E-state index in [1.165, 1.54) is 37.9 Å². The molecule has 5 aromatic rings. The van der Waals surface area contributed by atoms with Crippen LogP contribution in [0, 0.1) is 0 Å². The highest BCUT2D eigenvalue weighted by Gasteiger charge is 2.10. The van der Waals surface area contributed by atoms with Crippen LogP contribution < -0.4 is 0 Å². The lowest BCUT2D eigenvalue weighted by Gasteiger charge is -2.12. The maximum atomic E-state index is 4.53. The summed E-state index contributed by atoms with van der Waals surface area (Å²) in [7, 11) is 0. The third-order valence-electron chi connectivity index (χ3n) is 5.39. The topological polar surface area (TPSA) is 24.7 Å². The molecule has 0 fully saturated rings. The minimum atomic E-state index is 0.566. The van der Waals surface area contributed by atoms with E-state index in [-0.39, 0.29) is 0 Å². The zero-order chi connectivity index (χ0) is 18.9. The van der Waals surface area contributed by atoms with Crippen molar-refractivity contribution in [3.8, 4) is 0 Å². The number of hydrogen-bond donors (Lipinski definition) is 0. The van der Waals surface area contributed by atoms with Crippen LogP contribution in [0.2, 0.25) is 0 Å². The first-order chi connectivity index (χ1) is 13.8. The molecule has 0 aliphatic carbocycles. The Morgan fingerprint density at radius 3 is 2.21 bits per heavy atom. The summed E-state index contributed by atoms with van der Waals surface area (Å²) in [6.07, 6.45) is 2.70. The number of benzene rings is 5. The van der Waals surface area contributed by atoms with E-state index >= 15 is 0 Å². The van der Waals surface area contributed by atoms with Gasteiger partial charge in [0.1, 0.15) is 0 Å². The summed E-state index contributed by atoms with van der Waals surface area (Å²) >= 11 is 0. The number of azo groups is 1. The summed E-state index contributed by atoms with van der Waals surface area (Å²) in [4.78, 5) is 0. The highest BCUT2D eigenvalue weighted by molar-refractivity contribution is 6.23. The Bertz CT molecular complexity index is 1320. The van der Waals surface area contributed by atoms with Crippen molar-refractivity contribution in [1.29, 1.82) is 0 Å². The van der Waals surface area contributed by atoms with Gasteiger partial charge in [-0.1, -0.05) is 78.9 Å². The van der Waals surface area contributed by atoms with Gasteiger partial charge in [0.2, 0.25) is 0 Å². The van der Waals surface area contributed by atoms with Crippen LogP contribution in [-0.2, 0) is 13.0 Å². The van der Waals surface area contributed by atoms with Gasteiger partial charge in [-0.25, -0.2) is 0 Å². The van der Waals surface area contributed by atoms with Gasteiger partial charge in [0.05, 0.1) is 12.2 Å². The molecule has 0 aromatic heterocycles. The molecule has 0 aliphatic rings. The average Bonchev–Trinajstić information content (AvgIpc) is 2.74. The third-order valence-corrected chi connectivity index (χ3v) is 5.39. The second-order valence-electron chi connectivity index (χ2n) is 7.10. The van der Waals surface area contributed by atoms with Gasteiger partial charge in [-0.05, 0) is 55.9 Å². The minimum Gasteiger partial charge on any atom is -0.184 e. The fourth-order valence-electron chi connectivity index (χ4n) is 4.06. The van der Waals surface area contributed by atoms with Crippen molar-refractivity contribution in [2.24, 2.45) is 10.2 Å². The number of hydrogen-bond acceptors (Lipinski definition) is 2. The van der Waals surface area contributed by atoms with Gasteiger partial charge in [0, 0.05) is 0 Å². The monoisotopic (exact) mass is 360 g/mol. The molecule has 0 amide bonds. The van der Waals surface area contributed by atoms with Crippen LogP contribution in [0.3, 0.4) is 0 Å². The lowest BCUT2D eigenvalue weighted by atomic mass is 9.92. The zero-order valence-electron chi connectivity index (χ0n) is 15.6. The normalized spacial score (nSPS) is 11.9. The van der Waals surface area contributed by atoms with Crippen LogP contribution in [0.15, 0.2) is 102 Å². The van der Waals surface area contributed by atoms with Crippen molar-refractivity contribution in [2.45, 2.75) is 13.0 Å². The standard InChI is InChI=1S/C26H20N2/c1-2-6-18-7-3-4-10-24(18)28-27-17-22-14-13-21-12-11-19-8-5-9-20-15-16-23(22)26(21)25(19)20/h2-5,7-16H,1,6,17H2. The number of rotatable bonds is 5. The SMILES string of the molecule is C=CCc1ccccc1N=NCc1ccc2ccc3cccc4ccc1c2c34. The van der Waals surface area contributed by atoms with Crippen molar-refractivity contribution in [3.05, 3.63) is 103 Å². The Balaban J connectivity index is 1.57. The summed E-state index contributed by atoms with van der Waals surface area (Å²) in [6, 6.07) is 27.8. The molecule has 0 bridgehead atoms. The Morgan fingerprint density at radius 2 is 1.39 bits per heavy atom. The first-order valence-corrected chi connectivity index (χ1v) is 9.57. The molecule has 0 atom stereocenters. The molecule has 0 radical (unpaired) electrons. The molecule has 0 heterocycles. The zero-order valence-corrected chi connectivity index (χ0v) is 15.6. The lowest BCUT2D eigenvalue weighted by molar-refractivity contribution is 0.962. The maximum Gasteiger partial charge on any atom is 0.0887 e. The van der Waals surface area contributed by atoms with Crippen LogP contribution in [0.4, 0.5) is 5.69 Å². The van der Waals surface area contributed by atoms with Crippen LogP contribution >= 0.6 is 0 Å². The van der Waals surface area contributed by atoms with Gasteiger partial charge >= 0.3 is 0 Å². The van der Waals surface area contributed by atoms with Gasteiger partial charge in [-0.3, -0.25) is 0 Å².